The Morgan fingerprint density at radius 3 is 2.44 bits per heavy atom. The molecule has 1 fully saturated rings. The maximum absolute atomic E-state index is 13.5. The van der Waals surface area contributed by atoms with E-state index in [1.165, 1.54) is 12.1 Å². The number of carbonyl (C=O) groups excluding carboxylic acids is 1. The van der Waals surface area contributed by atoms with Gasteiger partial charge in [0.1, 0.15) is 12.3 Å². The molecule has 172 valence electrons. The first-order chi connectivity index (χ1) is 15.3. The van der Waals surface area contributed by atoms with Crippen molar-refractivity contribution in [2.75, 3.05) is 37.6 Å². The fourth-order valence-corrected chi connectivity index (χ4v) is 4.80. The molecule has 2 aromatic carbocycles. The van der Waals surface area contributed by atoms with Gasteiger partial charge >= 0.3 is 0 Å². The summed E-state index contributed by atoms with van der Waals surface area (Å²) in [5.41, 5.74) is 4.68. The minimum absolute atomic E-state index is 0.101. The van der Waals surface area contributed by atoms with Gasteiger partial charge in [0.05, 0.1) is 17.2 Å². The zero-order valence-electron chi connectivity index (χ0n) is 18.7. The van der Waals surface area contributed by atoms with E-state index in [0.717, 1.165) is 41.5 Å². The summed E-state index contributed by atoms with van der Waals surface area (Å²) >= 11 is 0. The van der Waals surface area contributed by atoms with Crippen LogP contribution >= 0.6 is 0 Å². The summed E-state index contributed by atoms with van der Waals surface area (Å²) < 4.78 is 33.8. The van der Waals surface area contributed by atoms with Gasteiger partial charge in [-0.15, -0.1) is 0 Å². The van der Waals surface area contributed by atoms with E-state index in [2.05, 4.69) is 15.4 Å². The molecular weight excluding hydrogens is 428 g/mol. The highest BCUT2D eigenvalue weighted by molar-refractivity contribution is 7.92. The molecule has 1 saturated heterocycles. The number of nitrogens with zero attached hydrogens (tertiary/aromatic N) is 3. The Kier molecular flexibility index (Phi) is 7.87. The van der Waals surface area contributed by atoms with Crippen LogP contribution in [0.2, 0.25) is 0 Å². The van der Waals surface area contributed by atoms with E-state index in [4.69, 9.17) is 4.74 Å². The Labute approximate surface area is 189 Å². The number of rotatable bonds is 8. The minimum atomic E-state index is -4.02. The molecule has 1 amide bonds. The van der Waals surface area contributed by atoms with E-state index in [1.54, 1.807) is 36.4 Å². The molecule has 0 radical (unpaired) electrons. The molecule has 32 heavy (non-hydrogen) atoms. The quantitative estimate of drug-likeness (QED) is 0.614. The second-order valence-corrected chi connectivity index (χ2v) is 9.60. The van der Waals surface area contributed by atoms with Gasteiger partial charge in [0.25, 0.3) is 15.9 Å². The lowest BCUT2D eigenvalue weighted by molar-refractivity contribution is -0.119. The summed E-state index contributed by atoms with van der Waals surface area (Å²) in [5.74, 6) is -0.126. The number of sulfonamides is 1. The second-order valence-electron chi connectivity index (χ2n) is 7.74. The van der Waals surface area contributed by atoms with Crippen LogP contribution in [0.1, 0.15) is 25.3 Å². The van der Waals surface area contributed by atoms with Crippen molar-refractivity contribution in [1.82, 2.24) is 10.3 Å². The molecule has 1 aliphatic heterocycles. The van der Waals surface area contributed by atoms with Gasteiger partial charge in [-0.1, -0.05) is 29.8 Å². The third kappa shape index (κ3) is 5.86. The molecule has 0 atom stereocenters. The van der Waals surface area contributed by atoms with Crippen molar-refractivity contribution >= 4 is 27.3 Å². The van der Waals surface area contributed by atoms with Gasteiger partial charge in [-0.3, -0.25) is 9.10 Å². The van der Waals surface area contributed by atoms with Crippen molar-refractivity contribution in [3.05, 3.63) is 54.1 Å². The molecule has 3 rings (SSSR count). The van der Waals surface area contributed by atoms with Crippen molar-refractivity contribution in [2.45, 2.75) is 31.6 Å². The number of benzene rings is 2. The number of hydrazone groups is 1. The van der Waals surface area contributed by atoms with Crippen LogP contribution < -0.4 is 14.5 Å². The van der Waals surface area contributed by atoms with Gasteiger partial charge in [0, 0.05) is 31.6 Å². The highest BCUT2D eigenvalue weighted by Crippen LogP contribution is 2.32. The Balaban J connectivity index is 1.90. The van der Waals surface area contributed by atoms with Crippen LogP contribution in [-0.2, 0) is 14.8 Å². The monoisotopic (exact) mass is 458 g/mol. The van der Waals surface area contributed by atoms with E-state index in [-0.39, 0.29) is 4.90 Å². The van der Waals surface area contributed by atoms with E-state index >= 15 is 0 Å². The van der Waals surface area contributed by atoms with Crippen LogP contribution in [0.5, 0.6) is 5.75 Å². The predicted octanol–water partition coefficient (Wildman–Crippen LogP) is 2.79. The molecular formula is C23H30N4O4S. The molecule has 8 nitrogen and oxygen atoms in total. The number of para-hydroxylation sites is 2. The number of hydrogen-bond acceptors (Lipinski definition) is 6. The van der Waals surface area contributed by atoms with Gasteiger partial charge < -0.3 is 9.64 Å². The largest absolute Gasteiger partial charge is 0.492 e. The molecule has 9 heteroatoms. The maximum atomic E-state index is 13.5. The maximum Gasteiger partial charge on any atom is 0.264 e. The Morgan fingerprint density at radius 2 is 1.78 bits per heavy atom. The topological polar surface area (TPSA) is 91.3 Å². The molecule has 0 spiro atoms. The summed E-state index contributed by atoms with van der Waals surface area (Å²) in [6.07, 6.45) is 1.55. The summed E-state index contributed by atoms with van der Waals surface area (Å²) in [6.45, 7) is 5.41. The SMILES string of the molecule is CCOc1ccccc1N(CC(=O)NN=C1CCN(C)CC1)S(=O)(=O)c1ccc(C)cc1. The zero-order valence-corrected chi connectivity index (χ0v) is 19.6. The standard InChI is InChI=1S/C23H30N4O4S/c1-4-31-22-8-6-5-7-21(22)27(32(29,30)20-11-9-18(2)10-12-20)17-23(28)25-24-19-13-15-26(3)16-14-19/h5-12H,4,13-17H2,1-3H3,(H,25,28). The minimum Gasteiger partial charge on any atom is -0.492 e. The second kappa shape index (κ2) is 10.6. The lowest BCUT2D eigenvalue weighted by Crippen LogP contribution is -2.40. The van der Waals surface area contributed by atoms with E-state index in [9.17, 15) is 13.2 Å². The lowest BCUT2D eigenvalue weighted by atomic mass is 10.1. The normalized spacial score (nSPS) is 14.7. The third-order valence-electron chi connectivity index (χ3n) is 5.23. The number of piperidine rings is 1. The zero-order chi connectivity index (χ0) is 23.1. The molecule has 0 aromatic heterocycles. The van der Waals surface area contributed by atoms with Crippen molar-refractivity contribution in [2.24, 2.45) is 5.10 Å². The van der Waals surface area contributed by atoms with E-state index in [0.29, 0.717) is 18.0 Å². The summed E-state index contributed by atoms with van der Waals surface area (Å²) in [4.78, 5) is 15.1. The fourth-order valence-electron chi connectivity index (χ4n) is 3.37. The van der Waals surface area contributed by atoms with Crippen molar-refractivity contribution < 1.29 is 17.9 Å². The number of nitrogens with one attached hydrogen (secondary N) is 1. The van der Waals surface area contributed by atoms with Crippen LogP contribution in [0.3, 0.4) is 0 Å². The lowest BCUT2D eigenvalue weighted by Gasteiger charge is -2.26. The number of ether oxygens (including phenoxy) is 1. The van der Waals surface area contributed by atoms with Crippen molar-refractivity contribution in [3.63, 3.8) is 0 Å². The molecule has 0 bridgehead atoms. The predicted molar refractivity (Wildman–Crippen MR) is 126 cm³/mol. The Morgan fingerprint density at radius 1 is 1.12 bits per heavy atom. The highest BCUT2D eigenvalue weighted by atomic mass is 32.2. The van der Waals surface area contributed by atoms with Gasteiger partial charge in [0.15, 0.2) is 0 Å². The van der Waals surface area contributed by atoms with Crippen molar-refractivity contribution in [1.29, 1.82) is 0 Å². The van der Waals surface area contributed by atoms with Gasteiger partial charge in [-0.25, -0.2) is 13.8 Å². The van der Waals surface area contributed by atoms with Gasteiger partial charge in [-0.05, 0) is 45.2 Å². The first-order valence-electron chi connectivity index (χ1n) is 10.7. The molecule has 2 aromatic rings. The van der Waals surface area contributed by atoms with Crippen LogP contribution in [0, 0.1) is 6.92 Å². The van der Waals surface area contributed by atoms with E-state index < -0.39 is 22.5 Å². The van der Waals surface area contributed by atoms with Crippen LogP contribution in [0.4, 0.5) is 5.69 Å². The smallest absolute Gasteiger partial charge is 0.264 e. The molecule has 0 aliphatic carbocycles. The average Bonchev–Trinajstić information content (AvgIpc) is 2.78. The van der Waals surface area contributed by atoms with Gasteiger partial charge in [-0.2, -0.15) is 5.10 Å². The third-order valence-corrected chi connectivity index (χ3v) is 7.01. The summed E-state index contributed by atoms with van der Waals surface area (Å²) in [5, 5.41) is 4.23. The Bertz CT molecular complexity index is 1060. The molecule has 0 saturated carbocycles. The highest BCUT2D eigenvalue weighted by Gasteiger charge is 2.29. The average molecular weight is 459 g/mol. The fraction of sp³-hybridized carbons (Fsp3) is 0.391. The number of aryl methyl sites for hydroxylation is 1. The number of likely N-dealkylation sites (tertiary alicyclic amines) is 1. The first kappa shape index (κ1) is 23.7. The Hall–Kier alpha value is -2.91. The summed E-state index contributed by atoms with van der Waals surface area (Å²) in [6, 6.07) is 13.3. The number of hydrogen-bond donors (Lipinski definition) is 1. The number of carbonyl (C=O) groups is 1. The van der Waals surface area contributed by atoms with E-state index in [1.807, 2.05) is 20.9 Å². The molecule has 1 N–H and O–H groups in total. The first-order valence-corrected chi connectivity index (χ1v) is 12.1. The molecule has 1 heterocycles. The van der Waals surface area contributed by atoms with Gasteiger partial charge in [0.2, 0.25) is 0 Å². The number of amides is 1. The van der Waals surface area contributed by atoms with Crippen LogP contribution in [0.25, 0.3) is 0 Å². The summed E-state index contributed by atoms with van der Waals surface area (Å²) in [7, 11) is -1.98. The number of anilines is 1. The van der Waals surface area contributed by atoms with Crippen LogP contribution in [0.15, 0.2) is 58.5 Å². The van der Waals surface area contributed by atoms with Crippen molar-refractivity contribution in [3.8, 4) is 5.75 Å². The molecule has 1 aliphatic rings. The molecule has 0 unspecified atom stereocenters. The van der Waals surface area contributed by atoms with Crippen LogP contribution in [-0.4, -0.2) is 58.2 Å².